The minimum Gasteiger partial charge on any atom is -0.334 e. The lowest BCUT2D eigenvalue weighted by Gasteiger charge is -2.31. The van der Waals surface area contributed by atoms with E-state index in [4.69, 9.17) is 11.6 Å². The summed E-state index contributed by atoms with van der Waals surface area (Å²) in [6.45, 7) is 4.10. The van der Waals surface area contributed by atoms with E-state index in [1.54, 1.807) is 12.1 Å². The van der Waals surface area contributed by atoms with Gasteiger partial charge in [-0.2, -0.15) is 0 Å². The van der Waals surface area contributed by atoms with E-state index in [1.807, 2.05) is 17.0 Å². The number of carbonyl (C=O) groups excluding carboxylic acids is 1. The van der Waals surface area contributed by atoms with Crippen LogP contribution in [0.5, 0.6) is 0 Å². The fraction of sp³-hybridized carbons (Fsp3) is 0.500. The summed E-state index contributed by atoms with van der Waals surface area (Å²) >= 11 is 5.96. The van der Waals surface area contributed by atoms with Crippen molar-refractivity contribution in [3.8, 4) is 0 Å². The molecule has 0 atom stereocenters. The molecule has 2 bridgehead atoms. The summed E-state index contributed by atoms with van der Waals surface area (Å²) in [5, 5.41) is 0.628. The number of carbonyl (C=O) groups is 1. The molecule has 3 aliphatic rings. The van der Waals surface area contributed by atoms with Crippen molar-refractivity contribution in [3.63, 3.8) is 0 Å². The van der Waals surface area contributed by atoms with Gasteiger partial charge in [0.15, 0.2) is 0 Å². The van der Waals surface area contributed by atoms with Crippen LogP contribution >= 0.6 is 11.6 Å². The van der Waals surface area contributed by atoms with Crippen LogP contribution in [0.1, 0.15) is 23.2 Å². The first kappa shape index (κ1) is 12.0. The quantitative estimate of drug-likeness (QED) is 0.777. The highest BCUT2D eigenvalue weighted by Crippen LogP contribution is 2.23. The third-order valence-electron chi connectivity index (χ3n) is 3.99. The second-order valence-corrected chi connectivity index (χ2v) is 5.52. The van der Waals surface area contributed by atoms with Crippen LogP contribution in [0.25, 0.3) is 0 Å². The van der Waals surface area contributed by atoms with Gasteiger partial charge in [0.2, 0.25) is 0 Å². The van der Waals surface area contributed by atoms with Gasteiger partial charge in [0.25, 0.3) is 5.91 Å². The normalized spacial score (nSPS) is 27.1. The van der Waals surface area contributed by atoms with Gasteiger partial charge in [0.1, 0.15) is 0 Å². The van der Waals surface area contributed by atoms with E-state index in [-0.39, 0.29) is 5.91 Å². The van der Waals surface area contributed by atoms with Crippen LogP contribution in [-0.2, 0) is 0 Å². The number of fused-ring (bicyclic) bond motifs is 4. The molecule has 3 nitrogen and oxygen atoms in total. The molecular weight excluding hydrogens is 248 g/mol. The van der Waals surface area contributed by atoms with Gasteiger partial charge in [-0.05, 0) is 31.0 Å². The molecule has 1 amide bonds. The minimum atomic E-state index is 0.131. The number of rotatable bonds is 1. The molecule has 3 aliphatic heterocycles. The molecule has 0 N–H and O–H groups in total. The van der Waals surface area contributed by atoms with Crippen LogP contribution in [0.4, 0.5) is 0 Å². The first-order valence-electron chi connectivity index (χ1n) is 6.53. The Balaban J connectivity index is 1.83. The SMILES string of the molecule is O=C(c1cccc(Cl)c1)N1CCN2CCC1CC2. The lowest BCUT2D eigenvalue weighted by atomic mass is 10.0. The Hall–Kier alpha value is -1.06. The molecule has 1 aromatic rings. The molecule has 0 spiro atoms. The third-order valence-corrected chi connectivity index (χ3v) is 4.22. The zero-order valence-corrected chi connectivity index (χ0v) is 11.1. The van der Waals surface area contributed by atoms with Gasteiger partial charge in [0.05, 0.1) is 0 Å². The summed E-state index contributed by atoms with van der Waals surface area (Å²) in [5.74, 6) is 0.131. The number of benzene rings is 1. The summed E-state index contributed by atoms with van der Waals surface area (Å²) in [5.41, 5.74) is 0.711. The Morgan fingerprint density at radius 2 is 1.94 bits per heavy atom. The second kappa shape index (κ2) is 4.90. The Bertz CT molecular complexity index is 455. The molecule has 0 saturated carbocycles. The van der Waals surface area contributed by atoms with Crippen molar-refractivity contribution >= 4 is 17.5 Å². The average Bonchev–Trinajstić information content (AvgIpc) is 2.71. The Kier molecular flexibility index (Phi) is 3.27. The van der Waals surface area contributed by atoms with E-state index < -0.39 is 0 Å². The Morgan fingerprint density at radius 1 is 1.17 bits per heavy atom. The first-order chi connectivity index (χ1) is 8.74. The van der Waals surface area contributed by atoms with Gasteiger partial charge in [-0.1, -0.05) is 17.7 Å². The molecule has 0 aliphatic carbocycles. The zero-order chi connectivity index (χ0) is 12.5. The number of nitrogens with zero attached hydrogens (tertiary/aromatic N) is 2. The number of halogens is 1. The average molecular weight is 265 g/mol. The summed E-state index contributed by atoms with van der Waals surface area (Å²) in [4.78, 5) is 17.0. The van der Waals surface area contributed by atoms with Crippen molar-refractivity contribution in [2.24, 2.45) is 0 Å². The fourth-order valence-electron chi connectivity index (χ4n) is 2.94. The monoisotopic (exact) mass is 264 g/mol. The van der Waals surface area contributed by atoms with Crippen molar-refractivity contribution in [3.05, 3.63) is 34.9 Å². The molecule has 0 radical (unpaired) electrons. The maximum absolute atomic E-state index is 12.5. The largest absolute Gasteiger partial charge is 0.334 e. The highest BCUT2D eigenvalue weighted by Gasteiger charge is 2.32. The second-order valence-electron chi connectivity index (χ2n) is 5.08. The molecule has 18 heavy (non-hydrogen) atoms. The van der Waals surface area contributed by atoms with Gasteiger partial charge in [0, 0.05) is 42.8 Å². The number of hydrogen-bond acceptors (Lipinski definition) is 2. The van der Waals surface area contributed by atoms with E-state index in [0.29, 0.717) is 16.6 Å². The molecular formula is C14H17ClN2O. The van der Waals surface area contributed by atoms with Gasteiger partial charge in [-0.25, -0.2) is 0 Å². The van der Waals surface area contributed by atoms with E-state index in [0.717, 1.165) is 39.0 Å². The number of hydrogen-bond donors (Lipinski definition) is 0. The molecule has 4 heteroatoms. The summed E-state index contributed by atoms with van der Waals surface area (Å²) in [7, 11) is 0. The highest BCUT2D eigenvalue weighted by molar-refractivity contribution is 6.30. The van der Waals surface area contributed by atoms with Gasteiger partial charge < -0.3 is 9.80 Å². The van der Waals surface area contributed by atoms with Crippen LogP contribution in [0.2, 0.25) is 5.02 Å². The molecule has 1 aromatic carbocycles. The topological polar surface area (TPSA) is 23.6 Å². The lowest BCUT2D eigenvalue weighted by Crippen LogP contribution is -2.41. The maximum atomic E-state index is 12.5. The molecule has 4 rings (SSSR count). The Labute approximate surface area is 112 Å². The maximum Gasteiger partial charge on any atom is 0.254 e. The fourth-order valence-corrected chi connectivity index (χ4v) is 3.13. The van der Waals surface area contributed by atoms with Crippen molar-refractivity contribution in [2.75, 3.05) is 26.2 Å². The highest BCUT2D eigenvalue weighted by atomic mass is 35.5. The van der Waals surface area contributed by atoms with Crippen LogP contribution in [0, 0.1) is 0 Å². The zero-order valence-electron chi connectivity index (χ0n) is 10.3. The van der Waals surface area contributed by atoms with Crippen LogP contribution in [-0.4, -0.2) is 47.9 Å². The lowest BCUT2D eigenvalue weighted by molar-refractivity contribution is 0.0685. The molecule has 96 valence electrons. The predicted octanol–water partition coefficient (Wildman–Crippen LogP) is 2.26. The van der Waals surface area contributed by atoms with Crippen molar-refractivity contribution in [1.82, 2.24) is 9.80 Å². The number of amides is 1. The molecule has 3 saturated heterocycles. The van der Waals surface area contributed by atoms with Crippen LogP contribution in [0.15, 0.2) is 24.3 Å². The smallest absolute Gasteiger partial charge is 0.254 e. The minimum absolute atomic E-state index is 0.131. The van der Waals surface area contributed by atoms with Crippen LogP contribution in [0.3, 0.4) is 0 Å². The third kappa shape index (κ3) is 2.25. The van der Waals surface area contributed by atoms with Crippen LogP contribution < -0.4 is 0 Å². The number of piperidine rings is 1. The standard InChI is InChI=1S/C14H17ClN2O/c15-12-3-1-2-11(10-12)14(18)17-9-8-16-6-4-13(17)5-7-16/h1-3,10,13H,4-9H2. The van der Waals surface area contributed by atoms with Gasteiger partial charge >= 0.3 is 0 Å². The predicted molar refractivity (Wildman–Crippen MR) is 72.0 cm³/mol. The Morgan fingerprint density at radius 3 is 2.67 bits per heavy atom. The first-order valence-corrected chi connectivity index (χ1v) is 6.91. The summed E-state index contributed by atoms with van der Waals surface area (Å²) in [6.07, 6.45) is 2.21. The van der Waals surface area contributed by atoms with E-state index in [9.17, 15) is 4.79 Å². The van der Waals surface area contributed by atoms with Crippen molar-refractivity contribution in [2.45, 2.75) is 18.9 Å². The van der Waals surface area contributed by atoms with E-state index in [2.05, 4.69) is 4.90 Å². The van der Waals surface area contributed by atoms with Gasteiger partial charge in [-0.15, -0.1) is 0 Å². The van der Waals surface area contributed by atoms with E-state index in [1.165, 1.54) is 0 Å². The van der Waals surface area contributed by atoms with Gasteiger partial charge in [-0.3, -0.25) is 4.79 Å². The molecule has 3 heterocycles. The molecule has 3 fully saturated rings. The summed E-state index contributed by atoms with van der Waals surface area (Å²) < 4.78 is 0. The van der Waals surface area contributed by atoms with Crippen molar-refractivity contribution < 1.29 is 4.79 Å². The molecule has 0 unspecified atom stereocenters. The van der Waals surface area contributed by atoms with E-state index >= 15 is 0 Å². The van der Waals surface area contributed by atoms with Crippen molar-refractivity contribution in [1.29, 1.82) is 0 Å². The summed E-state index contributed by atoms with van der Waals surface area (Å²) in [6, 6.07) is 7.68. The molecule has 0 aromatic heterocycles.